The van der Waals surface area contributed by atoms with Crippen LogP contribution in [0.4, 0.5) is 0 Å². The molecule has 0 saturated heterocycles. The third-order valence-corrected chi connectivity index (χ3v) is 1.58. The van der Waals surface area contributed by atoms with Crippen LogP contribution in [0.3, 0.4) is 0 Å². The number of unbranched alkanes of at least 4 members (excludes halogenated alkanes) is 2. The predicted octanol–water partition coefficient (Wildman–Crippen LogP) is 1.25. The minimum absolute atomic E-state index is 0.106. The molecule has 0 aliphatic heterocycles. The molecular weight excluding hydrogens is 154 g/mol. The Labute approximate surface area is 74.9 Å². The number of hydrogen-bond donors (Lipinski definition) is 2. The molecule has 74 valence electrons. The topological polar surface area (TPSA) is 55.5 Å². The molecule has 0 amide bonds. The zero-order chi connectivity index (χ0) is 9.40. The highest BCUT2D eigenvalue weighted by molar-refractivity contribution is 4.48. The molecule has 3 N–H and O–H groups in total. The van der Waals surface area contributed by atoms with Crippen LogP contribution >= 0.6 is 0 Å². The Balaban J connectivity index is 3.14. The number of hydrogen-bond acceptors (Lipinski definition) is 3. The summed E-state index contributed by atoms with van der Waals surface area (Å²) in [4.78, 5) is 0. The summed E-state index contributed by atoms with van der Waals surface area (Å²) in [5, 5.41) is 9.27. The van der Waals surface area contributed by atoms with E-state index in [1.54, 1.807) is 0 Å². The third-order valence-electron chi connectivity index (χ3n) is 1.58. The molecule has 0 saturated carbocycles. The Kier molecular flexibility index (Phi) is 7.45. The van der Waals surface area contributed by atoms with Crippen molar-refractivity contribution >= 4 is 0 Å². The summed E-state index contributed by atoms with van der Waals surface area (Å²) in [5.41, 5.74) is 5.33. The van der Waals surface area contributed by atoms with Crippen LogP contribution < -0.4 is 5.73 Å². The van der Waals surface area contributed by atoms with Gasteiger partial charge in [-0.2, -0.15) is 0 Å². The fourth-order valence-corrected chi connectivity index (χ4v) is 1.02. The van der Waals surface area contributed by atoms with Crippen molar-refractivity contribution in [2.75, 3.05) is 6.54 Å². The minimum Gasteiger partial charge on any atom is -0.368 e. The van der Waals surface area contributed by atoms with E-state index in [-0.39, 0.29) is 6.10 Å². The molecule has 3 nitrogen and oxygen atoms in total. The molecule has 0 aliphatic rings. The quantitative estimate of drug-likeness (QED) is 0.452. The van der Waals surface area contributed by atoms with Crippen molar-refractivity contribution < 1.29 is 9.84 Å². The van der Waals surface area contributed by atoms with Crippen molar-refractivity contribution in [1.82, 2.24) is 0 Å². The first-order valence-electron chi connectivity index (χ1n) is 4.70. The molecule has 0 spiro atoms. The Bertz CT molecular complexity index is 96.5. The molecule has 0 aliphatic carbocycles. The van der Waals surface area contributed by atoms with E-state index < -0.39 is 6.29 Å². The summed E-state index contributed by atoms with van der Waals surface area (Å²) >= 11 is 0. The Morgan fingerprint density at radius 1 is 1.25 bits per heavy atom. The first kappa shape index (κ1) is 11.9. The summed E-state index contributed by atoms with van der Waals surface area (Å²) < 4.78 is 5.15. The molecule has 0 aromatic heterocycles. The van der Waals surface area contributed by atoms with E-state index in [0.717, 1.165) is 32.2 Å². The number of rotatable bonds is 7. The van der Waals surface area contributed by atoms with E-state index in [9.17, 15) is 5.11 Å². The van der Waals surface area contributed by atoms with E-state index in [2.05, 4.69) is 0 Å². The maximum atomic E-state index is 9.27. The highest BCUT2D eigenvalue weighted by Gasteiger charge is 2.05. The van der Waals surface area contributed by atoms with E-state index in [1.807, 2.05) is 13.8 Å². The van der Waals surface area contributed by atoms with Gasteiger partial charge in [0, 0.05) is 0 Å². The fraction of sp³-hybridized carbons (Fsp3) is 1.00. The average molecular weight is 175 g/mol. The highest BCUT2D eigenvalue weighted by atomic mass is 16.6. The van der Waals surface area contributed by atoms with Gasteiger partial charge < -0.3 is 15.6 Å². The first-order chi connectivity index (χ1) is 5.66. The lowest BCUT2D eigenvalue weighted by molar-refractivity contribution is -0.129. The van der Waals surface area contributed by atoms with Gasteiger partial charge in [-0.25, -0.2) is 0 Å². The molecule has 0 fully saturated rings. The summed E-state index contributed by atoms with van der Waals surface area (Å²) in [6, 6.07) is 0. The summed E-state index contributed by atoms with van der Waals surface area (Å²) in [6.45, 7) is 4.58. The van der Waals surface area contributed by atoms with Crippen molar-refractivity contribution in [2.24, 2.45) is 5.73 Å². The SMILES string of the molecule is CC(C)OC(O)CCCCCN. The molecule has 0 heterocycles. The van der Waals surface area contributed by atoms with E-state index in [0.29, 0.717) is 0 Å². The molecular formula is C9H21NO2. The van der Waals surface area contributed by atoms with Gasteiger partial charge in [-0.1, -0.05) is 6.42 Å². The van der Waals surface area contributed by atoms with Crippen molar-refractivity contribution in [3.63, 3.8) is 0 Å². The molecule has 1 unspecified atom stereocenters. The number of aliphatic hydroxyl groups excluding tert-OH is 1. The van der Waals surface area contributed by atoms with Gasteiger partial charge in [0.15, 0.2) is 6.29 Å². The molecule has 0 bridgehead atoms. The smallest absolute Gasteiger partial charge is 0.154 e. The van der Waals surface area contributed by atoms with Crippen LogP contribution in [-0.4, -0.2) is 24.0 Å². The summed E-state index contributed by atoms with van der Waals surface area (Å²) in [7, 11) is 0. The zero-order valence-electron chi connectivity index (χ0n) is 8.12. The second-order valence-corrected chi connectivity index (χ2v) is 3.28. The van der Waals surface area contributed by atoms with Gasteiger partial charge in [0.25, 0.3) is 0 Å². The largest absolute Gasteiger partial charge is 0.368 e. The van der Waals surface area contributed by atoms with Crippen LogP contribution in [0.15, 0.2) is 0 Å². The van der Waals surface area contributed by atoms with Crippen molar-refractivity contribution in [3.05, 3.63) is 0 Å². The fourth-order valence-electron chi connectivity index (χ4n) is 1.02. The summed E-state index contributed by atoms with van der Waals surface area (Å²) in [5.74, 6) is 0. The van der Waals surface area contributed by atoms with Gasteiger partial charge in [-0.05, 0) is 39.7 Å². The second-order valence-electron chi connectivity index (χ2n) is 3.28. The van der Waals surface area contributed by atoms with Gasteiger partial charge in [-0.3, -0.25) is 0 Å². The summed E-state index contributed by atoms with van der Waals surface area (Å²) in [6.07, 6.45) is 3.34. The first-order valence-corrected chi connectivity index (χ1v) is 4.70. The minimum atomic E-state index is -0.595. The van der Waals surface area contributed by atoms with Gasteiger partial charge >= 0.3 is 0 Å². The highest BCUT2D eigenvalue weighted by Crippen LogP contribution is 2.05. The van der Waals surface area contributed by atoms with Gasteiger partial charge in [0.1, 0.15) is 0 Å². The maximum Gasteiger partial charge on any atom is 0.154 e. The molecule has 1 atom stereocenters. The standard InChI is InChI=1S/C9H21NO2/c1-8(2)12-9(11)6-4-3-5-7-10/h8-9,11H,3-7,10H2,1-2H3. The number of aliphatic hydroxyl groups is 1. The van der Waals surface area contributed by atoms with Crippen LogP contribution in [0, 0.1) is 0 Å². The predicted molar refractivity (Wildman–Crippen MR) is 49.8 cm³/mol. The van der Waals surface area contributed by atoms with Gasteiger partial charge in [0.2, 0.25) is 0 Å². The molecule has 0 radical (unpaired) electrons. The lowest BCUT2D eigenvalue weighted by Crippen LogP contribution is -2.16. The van der Waals surface area contributed by atoms with Crippen molar-refractivity contribution in [3.8, 4) is 0 Å². The van der Waals surface area contributed by atoms with Gasteiger partial charge in [-0.15, -0.1) is 0 Å². The Hall–Kier alpha value is -0.120. The number of ether oxygens (including phenoxy) is 1. The van der Waals surface area contributed by atoms with Crippen LogP contribution in [0.2, 0.25) is 0 Å². The Morgan fingerprint density at radius 3 is 2.42 bits per heavy atom. The molecule has 0 aromatic carbocycles. The van der Waals surface area contributed by atoms with E-state index in [4.69, 9.17) is 10.5 Å². The zero-order valence-corrected chi connectivity index (χ0v) is 8.12. The van der Waals surface area contributed by atoms with Crippen molar-refractivity contribution in [1.29, 1.82) is 0 Å². The number of nitrogens with two attached hydrogens (primary N) is 1. The average Bonchev–Trinajstić information content (AvgIpc) is 1.97. The van der Waals surface area contributed by atoms with E-state index >= 15 is 0 Å². The van der Waals surface area contributed by atoms with Crippen molar-refractivity contribution in [2.45, 2.75) is 51.9 Å². The maximum absolute atomic E-state index is 9.27. The monoisotopic (exact) mass is 175 g/mol. The molecule has 3 heteroatoms. The second kappa shape index (κ2) is 7.53. The Morgan fingerprint density at radius 2 is 1.92 bits per heavy atom. The molecule has 0 rings (SSSR count). The van der Waals surface area contributed by atoms with E-state index in [1.165, 1.54) is 0 Å². The van der Waals surface area contributed by atoms with Crippen LogP contribution in [0.25, 0.3) is 0 Å². The van der Waals surface area contributed by atoms with Crippen LogP contribution in [0.5, 0.6) is 0 Å². The molecule has 12 heavy (non-hydrogen) atoms. The van der Waals surface area contributed by atoms with Crippen LogP contribution in [-0.2, 0) is 4.74 Å². The third kappa shape index (κ3) is 7.98. The van der Waals surface area contributed by atoms with Crippen LogP contribution in [0.1, 0.15) is 39.5 Å². The normalized spacial score (nSPS) is 13.8. The van der Waals surface area contributed by atoms with Gasteiger partial charge in [0.05, 0.1) is 6.10 Å². The lowest BCUT2D eigenvalue weighted by Gasteiger charge is -2.14. The lowest BCUT2D eigenvalue weighted by atomic mass is 10.2. The molecule has 0 aromatic rings.